The van der Waals surface area contributed by atoms with Gasteiger partial charge in [0.1, 0.15) is 23.2 Å². The average molecular weight is 356 g/mol. The molecule has 0 saturated heterocycles. The topological polar surface area (TPSA) is 86.7 Å². The maximum absolute atomic E-state index is 13.7. The average Bonchev–Trinajstić information content (AvgIpc) is 2.51. The fourth-order valence-electron chi connectivity index (χ4n) is 2.26. The summed E-state index contributed by atoms with van der Waals surface area (Å²) in [6.07, 6.45) is 0.176. The molecular weight excluding hydrogens is 334 g/mol. The summed E-state index contributed by atoms with van der Waals surface area (Å²) in [6, 6.07) is 2.08. The van der Waals surface area contributed by atoms with E-state index in [2.05, 4.69) is 5.32 Å². The number of likely N-dealkylation sites (N-methyl/N-ethyl adjacent to an activating group) is 1. The lowest BCUT2D eigenvalue weighted by Crippen LogP contribution is -2.50. The van der Waals surface area contributed by atoms with Gasteiger partial charge < -0.3 is 15.3 Å². The van der Waals surface area contributed by atoms with Crippen molar-refractivity contribution in [2.45, 2.75) is 32.7 Å². The highest BCUT2D eigenvalue weighted by Gasteiger charge is 2.29. The zero-order valence-corrected chi connectivity index (χ0v) is 14.4. The second kappa shape index (κ2) is 9.10. The lowest BCUT2D eigenvalue weighted by atomic mass is 10.0. The van der Waals surface area contributed by atoms with E-state index in [9.17, 15) is 23.2 Å². The van der Waals surface area contributed by atoms with Gasteiger partial charge in [0.05, 0.1) is 0 Å². The van der Waals surface area contributed by atoms with Crippen molar-refractivity contribution in [2.75, 3.05) is 13.6 Å². The lowest BCUT2D eigenvalue weighted by molar-refractivity contribution is -0.138. The number of nitrogens with one attached hydrogen (secondary N) is 1. The molecule has 6 nitrogen and oxygen atoms in total. The summed E-state index contributed by atoms with van der Waals surface area (Å²) >= 11 is 0. The normalized spacial score (nSPS) is 11.9. The second-order valence-corrected chi connectivity index (χ2v) is 6.05. The summed E-state index contributed by atoms with van der Waals surface area (Å²) in [5, 5.41) is 11.0. The zero-order chi connectivity index (χ0) is 19.1. The minimum absolute atomic E-state index is 0.0865. The van der Waals surface area contributed by atoms with Gasteiger partial charge in [-0.1, -0.05) is 19.9 Å². The Morgan fingerprint density at radius 2 is 1.76 bits per heavy atom. The van der Waals surface area contributed by atoms with Gasteiger partial charge in [0.25, 0.3) is 5.91 Å². The number of carbonyl (C=O) groups is 3. The predicted octanol–water partition coefficient (Wildman–Crippen LogP) is 2.04. The Bertz CT molecular complexity index is 629. The molecule has 0 aliphatic carbocycles. The molecule has 2 N–H and O–H groups in total. The molecule has 0 aliphatic heterocycles. The van der Waals surface area contributed by atoms with E-state index in [1.165, 1.54) is 11.9 Å². The smallest absolute Gasteiger partial charge is 0.303 e. The van der Waals surface area contributed by atoms with Crippen LogP contribution < -0.4 is 5.32 Å². The van der Waals surface area contributed by atoms with Crippen LogP contribution in [0.2, 0.25) is 0 Å². The standard InChI is InChI=1S/C17H22F2N2O4/c1-10(2)15(17(25)21(3)9-5-8-13(22)23)20-16(24)14-11(18)6-4-7-12(14)19/h4,6-7,10,15H,5,8-9H2,1-3H3,(H,20,24)(H,22,23). The summed E-state index contributed by atoms with van der Waals surface area (Å²) < 4.78 is 27.4. The third-order valence-electron chi connectivity index (χ3n) is 3.67. The van der Waals surface area contributed by atoms with Gasteiger partial charge >= 0.3 is 5.97 Å². The minimum Gasteiger partial charge on any atom is -0.481 e. The molecule has 0 heterocycles. The molecule has 0 aromatic heterocycles. The van der Waals surface area contributed by atoms with Gasteiger partial charge in [-0.05, 0) is 24.5 Å². The number of carboxylic acids is 1. The molecule has 1 atom stereocenters. The van der Waals surface area contributed by atoms with Crippen molar-refractivity contribution in [2.24, 2.45) is 5.92 Å². The van der Waals surface area contributed by atoms with E-state index < -0.39 is 41.0 Å². The molecule has 138 valence electrons. The molecule has 1 rings (SSSR count). The van der Waals surface area contributed by atoms with Crippen LogP contribution in [0.5, 0.6) is 0 Å². The second-order valence-electron chi connectivity index (χ2n) is 6.05. The van der Waals surface area contributed by atoms with E-state index in [-0.39, 0.29) is 25.3 Å². The van der Waals surface area contributed by atoms with Gasteiger partial charge in [0, 0.05) is 20.0 Å². The van der Waals surface area contributed by atoms with Crippen molar-refractivity contribution in [1.29, 1.82) is 0 Å². The van der Waals surface area contributed by atoms with Crippen LogP contribution in [0, 0.1) is 17.6 Å². The first-order valence-electron chi connectivity index (χ1n) is 7.86. The van der Waals surface area contributed by atoms with Gasteiger partial charge in [-0.15, -0.1) is 0 Å². The first kappa shape index (κ1) is 20.5. The highest BCUT2D eigenvalue weighted by molar-refractivity contribution is 5.98. The Morgan fingerprint density at radius 3 is 2.24 bits per heavy atom. The molecule has 0 spiro atoms. The highest BCUT2D eigenvalue weighted by Crippen LogP contribution is 2.14. The van der Waals surface area contributed by atoms with Gasteiger partial charge in [0.15, 0.2) is 0 Å². The first-order chi connectivity index (χ1) is 11.6. The van der Waals surface area contributed by atoms with Crippen LogP contribution in [-0.4, -0.2) is 47.4 Å². The molecule has 0 saturated carbocycles. The molecule has 1 aromatic rings. The Kier molecular flexibility index (Phi) is 7.47. The van der Waals surface area contributed by atoms with Crippen molar-refractivity contribution in [3.05, 3.63) is 35.4 Å². The molecule has 0 bridgehead atoms. The number of benzene rings is 1. The minimum atomic E-state index is -1.01. The first-order valence-corrected chi connectivity index (χ1v) is 7.86. The van der Waals surface area contributed by atoms with Crippen LogP contribution in [0.25, 0.3) is 0 Å². The summed E-state index contributed by atoms with van der Waals surface area (Å²) in [6.45, 7) is 3.57. The van der Waals surface area contributed by atoms with Gasteiger partial charge in [-0.2, -0.15) is 0 Å². The number of nitrogens with zero attached hydrogens (tertiary/aromatic N) is 1. The highest BCUT2D eigenvalue weighted by atomic mass is 19.1. The summed E-state index contributed by atoms with van der Waals surface area (Å²) in [4.78, 5) is 36.5. The molecule has 0 fully saturated rings. The molecule has 0 aliphatic rings. The third-order valence-corrected chi connectivity index (χ3v) is 3.67. The van der Waals surface area contributed by atoms with Crippen molar-refractivity contribution in [1.82, 2.24) is 10.2 Å². The van der Waals surface area contributed by atoms with Gasteiger partial charge in [0.2, 0.25) is 5.91 Å². The van der Waals surface area contributed by atoms with Crippen LogP contribution in [-0.2, 0) is 9.59 Å². The van der Waals surface area contributed by atoms with E-state index in [0.717, 1.165) is 18.2 Å². The molecule has 2 amide bonds. The lowest BCUT2D eigenvalue weighted by Gasteiger charge is -2.27. The summed E-state index contributed by atoms with van der Waals surface area (Å²) in [5.41, 5.74) is -0.741. The Hall–Kier alpha value is -2.51. The van der Waals surface area contributed by atoms with Crippen LogP contribution in [0.1, 0.15) is 37.0 Å². The molecule has 1 aromatic carbocycles. The Labute approximate surface area is 144 Å². The van der Waals surface area contributed by atoms with Crippen LogP contribution in [0.3, 0.4) is 0 Å². The molecular formula is C17H22F2N2O4. The van der Waals surface area contributed by atoms with Crippen molar-refractivity contribution < 1.29 is 28.3 Å². The maximum Gasteiger partial charge on any atom is 0.303 e. The number of hydrogen-bond donors (Lipinski definition) is 2. The number of halogens is 2. The van der Waals surface area contributed by atoms with Crippen LogP contribution in [0.15, 0.2) is 18.2 Å². The van der Waals surface area contributed by atoms with E-state index in [4.69, 9.17) is 5.11 Å². The SMILES string of the molecule is CC(C)C(NC(=O)c1c(F)cccc1F)C(=O)N(C)CCCC(=O)O. The number of carbonyl (C=O) groups excluding carboxylic acids is 2. The van der Waals surface area contributed by atoms with Crippen molar-refractivity contribution in [3.8, 4) is 0 Å². The molecule has 8 heteroatoms. The number of carboxylic acid groups (broad SMARTS) is 1. The van der Waals surface area contributed by atoms with Gasteiger partial charge in [-0.3, -0.25) is 14.4 Å². The predicted molar refractivity (Wildman–Crippen MR) is 87.0 cm³/mol. The Morgan fingerprint density at radius 1 is 1.20 bits per heavy atom. The van der Waals surface area contributed by atoms with E-state index in [1.54, 1.807) is 13.8 Å². The summed E-state index contributed by atoms with van der Waals surface area (Å²) in [5.74, 6) is -4.78. The summed E-state index contributed by atoms with van der Waals surface area (Å²) in [7, 11) is 1.48. The fraction of sp³-hybridized carbons (Fsp3) is 0.471. The zero-order valence-electron chi connectivity index (χ0n) is 14.4. The van der Waals surface area contributed by atoms with E-state index in [1.807, 2.05) is 0 Å². The van der Waals surface area contributed by atoms with Crippen LogP contribution >= 0.6 is 0 Å². The van der Waals surface area contributed by atoms with Crippen molar-refractivity contribution in [3.63, 3.8) is 0 Å². The number of amides is 2. The molecule has 0 radical (unpaired) electrons. The number of rotatable bonds is 8. The van der Waals surface area contributed by atoms with E-state index >= 15 is 0 Å². The molecule has 25 heavy (non-hydrogen) atoms. The maximum atomic E-state index is 13.7. The number of hydrogen-bond acceptors (Lipinski definition) is 3. The monoisotopic (exact) mass is 356 g/mol. The largest absolute Gasteiger partial charge is 0.481 e. The van der Waals surface area contributed by atoms with E-state index in [0.29, 0.717) is 0 Å². The third kappa shape index (κ3) is 5.81. The Balaban J connectivity index is 2.84. The number of aliphatic carboxylic acids is 1. The quantitative estimate of drug-likeness (QED) is 0.746. The fourth-order valence-corrected chi connectivity index (χ4v) is 2.26. The van der Waals surface area contributed by atoms with Crippen molar-refractivity contribution >= 4 is 17.8 Å². The van der Waals surface area contributed by atoms with Crippen LogP contribution in [0.4, 0.5) is 8.78 Å². The molecule has 1 unspecified atom stereocenters. The van der Waals surface area contributed by atoms with Gasteiger partial charge in [-0.25, -0.2) is 8.78 Å².